The summed E-state index contributed by atoms with van der Waals surface area (Å²) in [5, 5.41) is 9.60. The largest absolute Gasteiger partial charge is 0.493 e. The van der Waals surface area contributed by atoms with E-state index in [1.165, 1.54) is 20.3 Å². The van der Waals surface area contributed by atoms with Gasteiger partial charge >= 0.3 is 5.97 Å². The molecule has 1 aromatic carbocycles. The van der Waals surface area contributed by atoms with Crippen LogP contribution in [0.15, 0.2) is 18.2 Å². The van der Waals surface area contributed by atoms with E-state index in [-0.39, 0.29) is 23.8 Å². The Bertz CT molecular complexity index is 631. The van der Waals surface area contributed by atoms with Crippen LogP contribution in [0.4, 0.5) is 5.82 Å². The minimum absolute atomic E-state index is 0. The minimum Gasteiger partial charge on any atom is -0.493 e. The molecule has 0 spiro atoms. The number of hydrogen-bond donors (Lipinski definition) is 2. The monoisotopic (exact) mass is 284 g/mol. The first kappa shape index (κ1) is 14.8. The highest BCUT2D eigenvalue weighted by atomic mass is 35.5. The van der Waals surface area contributed by atoms with Gasteiger partial charge < -0.3 is 20.3 Å². The van der Waals surface area contributed by atoms with Crippen molar-refractivity contribution in [1.29, 1.82) is 0 Å². The van der Waals surface area contributed by atoms with Crippen molar-refractivity contribution in [2.75, 3.05) is 20.0 Å². The summed E-state index contributed by atoms with van der Waals surface area (Å²) in [7, 11) is 3.02. The molecule has 0 aliphatic rings. The van der Waals surface area contributed by atoms with E-state index in [1.807, 2.05) is 0 Å². The number of aromatic carboxylic acids is 1. The number of halogens is 1. The number of hydrogen-bond acceptors (Lipinski definition) is 5. The highest BCUT2D eigenvalue weighted by molar-refractivity contribution is 5.98. The fourth-order valence-electron chi connectivity index (χ4n) is 1.69. The van der Waals surface area contributed by atoms with Crippen molar-refractivity contribution in [1.82, 2.24) is 4.98 Å². The van der Waals surface area contributed by atoms with Gasteiger partial charge in [0.1, 0.15) is 11.4 Å². The lowest BCUT2D eigenvalue weighted by Crippen LogP contribution is -2.04. The molecule has 0 bridgehead atoms. The molecular weight excluding hydrogens is 272 g/mol. The van der Waals surface area contributed by atoms with Crippen molar-refractivity contribution in [3.8, 4) is 11.5 Å². The van der Waals surface area contributed by atoms with Crippen molar-refractivity contribution in [3.05, 3.63) is 23.8 Å². The Hall–Kier alpha value is -2.21. The van der Waals surface area contributed by atoms with Crippen LogP contribution in [0.5, 0.6) is 11.5 Å². The van der Waals surface area contributed by atoms with Crippen LogP contribution < -0.4 is 15.2 Å². The summed E-state index contributed by atoms with van der Waals surface area (Å²) in [5.74, 6) is -0.119. The predicted octanol–water partition coefficient (Wildman–Crippen LogP) is 1.95. The SMILES string of the molecule is COc1cc2cc(C(=O)O)c(N)nc2cc1OC.Cl. The third-order valence-electron chi connectivity index (χ3n) is 2.58. The van der Waals surface area contributed by atoms with Crippen molar-refractivity contribution < 1.29 is 19.4 Å². The first-order valence-electron chi connectivity index (χ1n) is 5.12. The number of fused-ring (bicyclic) bond motifs is 1. The number of benzene rings is 1. The predicted molar refractivity (Wildman–Crippen MR) is 73.5 cm³/mol. The van der Waals surface area contributed by atoms with Gasteiger partial charge in [-0.2, -0.15) is 0 Å². The zero-order valence-corrected chi connectivity index (χ0v) is 11.2. The Balaban J connectivity index is 0.00000180. The van der Waals surface area contributed by atoms with E-state index in [2.05, 4.69) is 4.98 Å². The van der Waals surface area contributed by atoms with Crippen molar-refractivity contribution in [3.63, 3.8) is 0 Å². The first-order valence-corrected chi connectivity index (χ1v) is 5.12. The number of carboxylic acids is 1. The van der Waals surface area contributed by atoms with Crippen molar-refractivity contribution in [2.45, 2.75) is 0 Å². The molecule has 2 rings (SSSR count). The fourth-order valence-corrected chi connectivity index (χ4v) is 1.69. The van der Waals surface area contributed by atoms with Gasteiger partial charge in [-0.25, -0.2) is 9.78 Å². The number of methoxy groups -OCH3 is 2. The molecule has 19 heavy (non-hydrogen) atoms. The number of rotatable bonds is 3. The van der Waals surface area contributed by atoms with Gasteiger partial charge in [-0.3, -0.25) is 0 Å². The molecule has 3 N–H and O–H groups in total. The van der Waals surface area contributed by atoms with Gasteiger partial charge in [0.15, 0.2) is 11.5 Å². The van der Waals surface area contributed by atoms with Crippen molar-refractivity contribution in [2.24, 2.45) is 0 Å². The van der Waals surface area contributed by atoms with E-state index in [0.29, 0.717) is 22.4 Å². The number of aromatic nitrogens is 1. The van der Waals surface area contributed by atoms with E-state index >= 15 is 0 Å². The molecule has 2 aromatic rings. The topological polar surface area (TPSA) is 94.7 Å². The third kappa shape index (κ3) is 2.63. The Morgan fingerprint density at radius 2 is 1.79 bits per heavy atom. The number of carboxylic acid groups (broad SMARTS) is 1. The lowest BCUT2D eigenvalue weighted by Gasteiger charge is -2.10. The molecule has 0 saturated heterocycles. The van der Waals surface area contributed by atoms with Gasteiger partial charge in [-0.05, 0) is 12.1 Å². The van der Waals surface area contributed by atoms with Crippen LogP contribution in [0.2, 0.25) is 0 Å². The molecular formula is C12H13ClN2O4. The van der Waals surface area contributed by atoms with Gasteiger partial charge in [0.05, 0.1) is 19.7 Å². The quantitative estimate of drug-likeness (QED) is 0.894. The van der Waals surface area contributed by atoms with Gasteiger partial charge in [-0.1, -0.05) is 0 Å². The standard InChI is InChI=1S/C12H12N2O4.ClH/c1-17-9-4-6-3-7(12(15)16)11(13)14-8(6)5-10(9)18-2;/h3-5H,1-2H3,(H2,13,14)(H,15,16);1H. The van der Waals surface area contributed by atoms with Crippen LogP contribution in [0.1, 0.15) is 10.4 Å². The maximum absolute atomic E-state index is 11.0. The molecule has 0 aliphatic carbocycles. The lowest BCUT2D eigenvalue weighted by molar-refractivity contribution is 0.0698. The number of pyridine rings is 1. The Labute approximate surface area is 115 Å². The average molecular weight is 285 g/mol. The normalized spacial score (nSPS) is 9.79. The number of anilines is 1. The lowest BCUT2D eigenvalue weighted by atomic mass is 10.1. The number of ether oxygens (including phenoxy) is 2. The molecule has 6 nitrogen and oxygen atoms in total. The van der Waals surface area contributed by atoms with Gasteiger partial charge in [-0.15, -0.1) is 12.4 Å². The maximum Gasteiger partial charge on any atom is 0.339 e. The molecule has 0 saturated carbocycles. The van der Waals surface area contributed by atoms with Gasteiger partial charge in [0.2, 0.25) is 0 Å². The first-order chi connectivity index (χ1) is 8.56. The summed E-state index contributed by atoms with van der Waals surface area (Å²) in [6.45, 7) is 0. The Morgan fingerprint density at radius 3 is 2.32 bits per heavy atom. The van der Waals surface area contributed by atoms with Crippen LogP contribution in [0.3, 0.4) is 0 Å². The Morgan fingerprint density at radius 1 is 1.21 bits per heavy atom. The molecule has 0 atom stereocenters. The number of nitrogens with two attached hydrogens (primary N) is 1. The van der Waals surface area contributed by atoms with Gasteiger partial charge in [0, 0.05) is 11.5 Å². The van der Waals surface area contributed by atoms with Crippen LogP contribution >= 0.6 is 12.4 Å². The molecule has 0 unspecified atom stereocenters. The number of carbonyl (C=O) groups is 1. The highest BCUT2D eigenvalue weighted by Gasteiger charge is 2.13. The summed E-state index contributed by atoms with van der Waals surface area (Å²) in [6, 6.07) is 4.77. The second kappa shape index (κ2) is 5.62. The third-order valence-corrected chi connectivity index (χ3v) is 2.58. The van der Waals surface area contributed by atoms with E-state index in [1.54, 1.807) is 12.1 Å². The maximum atomic E-state index is 11.0. The highest BCUT2D eigenvalue weighted by Crippen LogP contribution is 2.32. The number of nitrogens with zero attached hydrogens (tertiary/aromatic N) is 1. The smallest absolute Gasteiger partial charge is 0.339 e. The van der Waals surface area contributed by atoms with Crippen LogP contribution in [-0.4, -0.2) is 30.3 Å². The van der Waals surface area contributed by atoms with E-state index in [9.17, 15) is 4.79 Å². The van der Waals surface area contributed by atoms with E-state index in [0.717, 1.165) is 0 Å². The summed E-state index contributed by atoms with van der Waals surface area (Å²) >= 11 is 0. The number of nitrogen functional groups attached to an aromatic ring is 1. The van der Waals surface area contributed by atoms with Gasteiger partial charge in [0.25, 0.3) is 0 Å². The summed E-state index contributed by atoms with van der Waals surface area (Å²) in [4.78, 5) is 15.0. The molecule has 102 valence electrons. The summed E-state index contributed by atoms with van der Waals surface area (Å²) in [5.41, 5.74) is 6.10. The average Bonchev–Trinajstić information content (AvgIpc) is 2.36. The second-order valence-electron chi connectivity index (χ2n) is 3.63. The van der Waals surface area contributed by atoms with Crippen LogP contribution in [-0.2, 0) is 0 Å². The molecule has 0 fully saturated rings. The van der Waals surface area contributed by atoms with E-state index < -0.39 is 5.97 Å². The minimum atomic E-state index is -1.11. The van der Waals surface area contributed by atoms with E-state index in [4.69, 9.17) is 20.3 Å². The second-order valence-corrected chi connectivity index (χ2v) is 3.63. The molecule has 7 heteroatoms. The molecule has 1 aromatic heterocycles. The molecule has 0 aliphatic heterocycles. The summed E-state index contributed by atoms with van der Waals surface area (Å²) < 4.78 is 10.3. The fraction of sp³-hybridized carbons (Fsp3) is 0.167. The molecule has 0 amide bonds. The van der Waals surface area contributed by atoms with Crippen molar-refractivity contribution >= 4 is 35.1 Å². The summed E-state index contributed by atoms with van der Waals surface area (Å²) in [6.07, 6.45) is 0. The Kier molecular flexibility index (Phi) is 4.39. The van der Waals surface area contributed by atoms with Crippen LogP contribution in [0.25, 0.3) is 10.9 Å². The molecule has 1 heterocycles. The van der Waals surface area contributed by atoms with Crippen LogP contribution in [0, 0.1) is 0 Å². The zero-order chi connectivity index (χ0) is 13.3. The zero-order valence-electron chi connectivity index (χ0n) is 10.3. The molecule has 0 radical (unpaired) electrons.